The molecule has 5 aliphatic heterocycles. The van der Waals surface area contributed by atoms with E-state index in [-0.39, 0.29) is 6.04 Å². The molecule has 1 aromatic rings. The standard InChI is InChI=1S/C15H17N3O2/c1-2-11-12(20-8-19-11)7-10(1)14-15-13(16-17-14)9-3-5-18(15)6-4-9/h1-2,7,9,14-15,17H,3-6,8H2/p+1/t14-,15-/m0/s1. The van der Waals surface area contributed by atoms with Gasteiger partial charge in [-0.3, -0.25) is 5.43 Å². The highest BCUT2D eigenvalue weighted by Gasteiger charge is 2.50. The van der Waals surface area contributed by atoms with Crippen LogP contribution in [0, 0.1) is 5.92 Å². The van der Waals surface area contributed by atoms with Gasteiger partial charge in [-0.1, -0.05) is 6.07 Å². The molecule has 2 N–H and O–H groups in total. The zero-order valence-electron chi connectivity index (χ0n) is 11.3. The Balaban J connectivity index is 1.51. The molecule has 6 rings (SSSR count). The summed E-state index contributed by atoms with van der Waals surface area (Å²) in [6, 6.07) is 7.08. The lowest BCUT2D eigenvalue weighted by molar-refractivity contribution is -0.927. The molecule has 0 aliphatic carbocycles. The summed E-state index contributed by atoms with van der Waals surface area (Å²) in [7, 11) is 0. The number of nitrogens with one attached hydrogen (secondary N) is 2. The number of hydrazone groups is 1. The van der Waals surface area contributed by atoms with Crippen molar-refractivity contribution in [3.8, 4) is 11.5 Å². The highest BCUT2D eigenvalue weighted by Crippen LogP contribution is 2.37. The van der Waals surface area contributed by atoms with Crippen molar-refractivity contribution in [1.29, 1.82) is 0 Å². The molecule has 2 bridgehead atoms. The van der Waals surface area contributed by atoms with Crippen LogP contribution in [0.4, 0.5) is 0 Å². The first-order chi connectivity index (χ1) is 9.90. The van der Waals surface area contributed by atoms with E-state index >= 15 is 0 Å². The third kappa shape index (κ3) is 1.38. The minimum absolute atomic E-state index is 0.289. The molecule has 0 amide bonds. The Morgan fingerprint density at radius 2 is 2.00 bits per heavy atom. The van der Waals surface area contributed by atoms with Crippen molar-refractivity contribution >= 4 is 5.71 Å². The van der Waals surface area contributed by atoms with Crippen LogP contribution in [0.1, 0.15) is 24.4 Å². The quantitative estimate of drug-likeness (QED) is 0.762. The number of hydrogen-bond acceptors (Lipinski definition) is 4. The summed E-state index contributed by atoms with van der Waals surface area (Å²) >= 11 is 0. The molecule has 5 nitrogen and oxygen atoms in total. The predicted molar refractivity (Wildman–Crippen MR) is 73.1 cm³/mol. The molecule has 0 radical (unpaired) electrons. The average molecular weight is 272 g/mol. The van der Waals surface area contributed by atoms with Gasteiger partial charge >= 0.3 is 0 Å². The molecular formula is C15H18N3O2+. The van der Waals surface area contributed by atoms with Gasteiger partial charge in [0.2, 0.25) is 6.79 Å². The smallest absolute Gasteiger partial charge is 0.231 e. The number of piperidine rings is 3. The van der Waals surface area contributed by atoms with Crippen LogP contribution in [-0.4, -0.2) is 31.6 Å². The first-order valence-electron chi connectivity index (χ1n) is 7.47. The van der Waals surface area contributed by atoms with E-state index in [1.54, 1.807) is 4.90 Å². The Labute approximate surface area is 117 Å². The topological polar surface area (TPSA) is 47.3 Å². The minimum Gasteiger partial charge on any atom is -0.454 e. The fourth-order valence-corrected chi connectivity index (χ4v) is 4.22. The summed E-state index contributed by atoms with van der Waals surface area (Å²) in [6.07, 6.45) is 2.61. The van der Waals surface area contributed by atoms with Gasteiger partial charge in [-0.25, -0.2) is 0 Å². The van der Waals surface area contributed by atoms with Crippen LogP contribution in [0.2, 0.25) is 0 Å². The maximum Gasteiger partial charge on any atom is 0.231 e. The lowest BCUT2D eigenvalue weighted by atomic mass is 9.78. The van der Waals surface area contributed by atoms with Crippen LogP contribution in [-0.2, 0) is 0 Å². The Kier molecular flexibility index (Phi) is 2.13. The zero-order chi connectivity index (χ0) is 13.1. The van der Waals surface area contributed by atoms with Crippen molar-refractivity contribution in [2.45, 2.75) is 24.9 Å². The van der Waals surface area contributed by atoms with Crippen molar-refractivity contribution in [3.63, 3.8) is 0 Å². The highest BCUT2D eigenvalue weighted by atomic mass is 16.7. The molecule has 0 saturated carbocycles. The van der Waals surface area contributed by atoms with Crippen LogP contribution >= 0.6 is 0 Å². The highest BCUT2D eigenvalue weighted by molar-refractivity contribution is 5.93. The minimum atomic E-state index is 0.289. The summed E-state index contributed by atoms with van der Waals surface area (Å²) in [4.78, 5) is 1.69. The van der Waals surface area contributed by atoms with Gasteiger partial charge in [-0.05, 0) is 17.7 Å². The second kappa shape index (κ2) is 3.88. The van der Waals surface area contributed by atoms with Crippen molar-refractivity contribution in [2.75, 3.05) is 19.9 Å². The maximum atomic E-state index is 5.50. The summed E-state index contributed by atoms with van der Waals surface area (Å²) < 4.78 is 10.9. The van der Waals surface area contributed by atoms with Crippen LogP contribution in [0.5, 0.6) is 11.5 Å². The van der Waals surface area contributed by atoms with E-state index < -0.39 is 0 Å². The molecular weight excluding hydrogens is 254 g/mol. The van der Waals surface area contributed by atoms with Gasteiger partial charge in [0.05, 0.1) is 13.1 Å². The van der Waals surface area contributed by atoms with Gasteiger partial charge in [-0.2, -0.15) is 5.10 Å². The lowest BCUT2D eigenvalue weighted by Gasteiger charge is -2.42. The molecule has 0 aromatic heterocycles. The van der Waals surface area contributed by atoms with Gasteiger partial charge < -0.3 is 14.4 Å². The number of fused-ring (bicyclic) bond motifs is 3. The van der Waals surface area contributed by atoms with E-state index in [4.69, 9.17) is 9.47 Å². The summed E-state index contributed by atoms with van der Waals surface area (Å²) in [6.45, 7) is 2.91. The zero-order valence-corrected chi connectivity index (χ0v) is 11.3. The Morgan fingerprint density at radius 1 is 1.15 bits per heavy atom. The van der Waals surface area contributed by atoms with Gasteiger partial charge in [-0.15, -0.1) is 0 Å². The first-order valence-corrected chi connectivity index (χ1v) is 7.47. The number of nitrogens with zero attached hydrogens (tertiary/aromatic N) is 1. The van der Waals surface area contributed by atoms with Crippen molar-refractivity contribution in [2.24, 2.45) is 11.0 Å². The number of rotatable bonds is 1. The molecule has 0 spiro atoms. The van der Waals surface area contributed by atoms with E-state index in [0.717, 1.165) is 11.5 Å². The third-order valence-electron chi connectivity index (χ3n) is 5.23. The molecule has 5 heteroatoms. The second-order valence-corrected chi connectivity index (χ2v) is 6.17. The van der Waals surface area contributed by atoms with Gasteiger partial charge in [0.25, 0.3) is 0 Å². The normalized spacial score (nSPS) is 36.5. The third-order valence-corrected chi connectivity index (χ3v) is 5.23. The van der Waals surface area contributed by atoms with Gasteiger partial charge in [0.1, 0.15) is 11.8 Å². The van der Waals surface area contributed by atoms with Crippen LogP contribution in [0.25, 0.3) is 0 Å². The van der Waals surface area contributed by atoms with Crippen molar-refractivity contribution in [3.05, 3.63) is 23.8 Å². The second-order valence-electron chi connectivity index (χ2n) is 6.17. The van der Waals surface area contributed by atoms with Gasteiger partial charge in [0.15, 0.2) is 17.5 Å². The van der Waals surface area contributed by atoms with E-state index in [1.807, 2.05) is 6.07 Å². The first kappa shape index (κ1) is 11.0. The molecule has 5 heterocycles. The summed E-state index contributed by atoms with van der Waals surface area (Å²) in [5.74, 6) is 2.43. The molecule has 5 aliphatic rings. The van der Waals surface area contributed by atoms with Crippen LogP contribution < -0.4 is 19.8 Å². The SMILES string of the molecule is c1cc2c(cc1[C@@H]1NN=C3C4CC[NH+](CC4)[C@@H]31)OCO2. The van der Waals surface area contributed by atoms with E-state index in [9.17, 15) is 0 Å². The number of hydrogen-bond donors (Lipinski definition) is 2. The van der Waals surface area contributed by atoms with E-state index in [0.29, 0.717) is 18.8 Å². The average Bonchev–Trinajstić information content (AvgIpc) is 3.15. The fraction of sp³-hybridized carbons (Fsp3) is 0.533. The Morgan fingerprint density at radius 3 is 2.90 bits per heavy atom. The van der Waals surface area contributed by atoms with E-state index in [1.165, 1.54) is 37.2 Å². The van der Waals surface area contributed by atoms with Crippen LogP contribution in [0.15, 0.2) is 23.3 Å². The monoisotopic (exact) mass is 272 g/mol. The molecule has 3 fully saturated rings. The van der Waals surface area contributed by atoms with Crippen molar-refractivity contribution < 1.29 is 14.4 Å². The van der Waals surface area contributed by atoms with Crippen LogP contribution in [0.3, 0.4) is 0 Å². The predicted octanol–water partition coefficient (Wildman–Crippen LogP) is 0.0927. The van der Waals surface area contributed by atoms with E-state index in [2.05, 4.69) is 22.7 Å². The largest absolute Gasteiger partial charge is 0.454 e. The lowest BCUT2D eigenvalue weighted by Crippen LogP contribution is -3.20. The number of benzene rings is 1. The summed E-state index contributed by atoms with van der Waals surface area (Å²) in [5, 5.41) is 4.67. The molecule has 2 atom stereocenters. The molecule has 3 saturated heterocycles. The molecule has 20 heavy (non-hydrogen) atoms. The molecule has 104 valence electrons. The molecule has 0 unspecified atom stereocenters. The summed E-state index contributed by atoms with van der Waals surface area (Å²) in [5.41, 5.74) is 6.04. The maximum absolute atomic E-state index is 5.50. The Bertz CT molecular complexity index is 593. The van der Waals surface area contributed by atoms with Crippen molar-refractivity contribution in [1.82, 2.24) is 5.43 Å². The Hall–Kier alpha value is -1.75. The van der Waals surface area contributed by atoms with Gasteiger partial charge in [0, 0.05) is 18.8 Å². The number of quaternary nitrogens is 1. The number of ether oxygens (including phenoxy) is 2. The fourth-order valence-electron chi connectivity index (χ4n) is 4.22. The molecule has 1 aromatic carbocycles.